The van der Waals surface area contributed by atoms with Crippen LogP contribution in [0.15, 0.2) is 79.0 Å². The van der Waals surface area contributed by atoms with Gasteiger partial charge in [-0.1, -0.05) is 54.6 Å². The second kappa shape index (κ2) is 11.6. The lowest BCUT2D eigenvalue weighted by Gasteiger charge is -2.33. The Morgan fingerprint density at radius 1 is 1.05 bits per heavy atom. The number of nitrogens with two attached hydrogens (primary N) is 1. The Balaban J connectivity index is 1.54. The zero-order valence-electron chi connectivity index (χ0n) is 22.5. The first-order chi connectivity index (χ1) is 18.1. The van der Waals surface area contributed by atoms with Crippen molar-refractivity contribution in [2.75, 3.05) is 12.3 Å². The van der Waals surface area contributed by atoms with Gasteiger partial charge in [-0.05, 0) is 69.0 Å². The van der Waals surface area contributed by atoms with Crippen LogP contribution in [0.3, 0.4) is 0 Å². The fourth-order valence-electron chi connectivity index (χ4n) is 4.45. The molecule has 0 aliphatic rings. The van der Waals surface area contributed by atoms with Crippen LogP contribution in [0, 0.1) is 0 Å². The van der Waals surface area contributed by atoms with Gasteiger partial charge in [-0.25, -0.2) is 4.79 Å². The lowest BCUT2D eigenvalue weighted by Crippen LogP contribution is -2.45. The van der Waals surface area contributed by atoms with Gasteiger partial charge < -0.3 is 30.2 Å². The lowest BCUT2D eigenvalue weighted by molar-refractivity contribution is 0.00551. The molecule has 0 saturated heterocycles. The number of fused-ring (bicyclic) bond motifs is 1. The van der Waals surface area contributed by atoms with E-state index in [1.165, 1.54) is 0 Å². The predicted octanol–water partition coefficient (Wildman–Crippen LogP) is 6.23. The number of hydrogen-bond acceptors (Lipinski definition) is 5. The van der Waals surface area contributed by atoms with Gasteiger partial charge in [-0.2, -0.15) is 0 Å². The van der Waals surface area contributed by atoms with Crippen LogP contribution in [0.1, 0.15) is 50.5 Å². The summed E-state index contributed by atoms with van der Waals surface area (Å²) in [5.41, 5.74) is 9.51. The summed E-state index contributed by atoms with van der Waals surface area (Å²) in [5.74, 6) is 0.770. The van der Waals surface area contributed by atoms with Crippen molar-refractivity contribution in [3.05, 3.63) is 95.7 Å². The first-order valence-corrected chi connectivity index (χ1v) is 12.9. The molecule has 3 aromatic carbocycles. The van der Waals surface area contributed by atoms with Crippen molar-refractivity contribution < 1.29 is 19.4 Å². The van der Waals surface area contributed by atoms with Crippen molar-refractivity contribution in [1.29, 1.82) is 0 Å². The summed E-state index contributed by atoms with van der Waals surface area (Å²) in [5, 5.41) is 12.0. The van der Waals surface area contributed by atoms with E-state index in [0.717, 1.165) is 27.8 Å². The minimum Gasteiger partial charge on any atom is -0.487 e. The fourth-order valence-corrected chi connectivity index (χ4v) is 4.45. The Bertz CT molecular complexity index is 1360. The largest absolute Gasteiger partial charge is 0.487 e. The second-order valence-corrected chi connectivity index (χ2v) is 10.6. The molecule has 0 fully saturated rings. The second-order valence-electron chi connectivity index (χ2n) is 10.6. The molecule has 0 spiro atoms. The third-order valence-electron chi connectivity index (χ3n) is 6.34. The number of aliphatic hydroxyl groups is 1. The quantitative estimate of drug-likeness (QED) is 0.229. The van der Waals surface area contributed by atoms with E-state index in [9.17, 15) is 9.90 Å². The molecule has 4 rings (SSSR count). The van der Waals surface area contributed by atoms with Crippen LogP contribution in [0.4, 0.5) is 10.5 Å². The van der Waals surface area contributed by atoms with Crippen molar-refractivity contribution in [2.45, 2.75) is 58.5 Å². The lowest BCUT2D eigenvalue weighted by atomic mass is 10.0. The zero-order valence-corrected chi connectivity index (χ0v) is 22.5. The molecule has 0 saturated carbocycles. The molecule has 0 aliphatic heterocycles. The maximum Gasteiger partial charge on any atom is 0.410 e. The Morgan fingerprint density at radius 3 is 2.50 bits per heavy atom. The van der Waals surface area contributed by atoms with Crippen LogP contribution in [0.5, 0.6) is 5.75 Å². The molecule has 4 aromatic rings. The number of nitrogens with one attached hydrogen (secondary N) is 1. The highest BCUT2D eigenvalue weighted by Crippen LogP contribution is 2.30. The van der Waals surface area contributed by atoms with Crippen LogP contribution in [0.25, 0.3) is 10.9 Å². The minimum atomic E-state index is -0.908. The van der Waals surface area contributed by atoms with Gasteiger partial charge >= 0.3 is 6.09 Å². The number of aliphatic hydroxyl groups excluding tert-OH is 1. The molecule has 4 N–H and O–H groups in total. The molecule has 0 bridgehead atoms. The van der Waals surface area contributed by atoms with Crippen LogP contribution in [-0.2, 0) is 17.8 Å². The summed E-state index contributed by atoms with van der Waals surface area (Å²) >= 11 is 0. The van der Waals surface area contributed by atoms with E-state index in [1.807, 2.05) is 82.4 Å². The Labute approximate surface area is 224 Å². The molecule has 1 heterocycles. The number of benzene rings is 3. The van der Waals surface area contributed by atoms with Crippen LogP contribution in [0.2, 0.25) is 0 Å². The van der Waals surface area contributed by atoms with Crippen molar-refractivity contribution >= 4 is 22.7 Å². The van der Waals surface area contributed by atoms with E-state index < -0.39 is 17.8 Å². The van der Waals surface area contributed by atoms with Crippen LogP contribution in [-0.4, -0.2) is 39.3 Å². The van der Waals surface area contributed by atoms with E-state index in [4.69, 9.17) is 15.2 Å². The van der Waals surface area contributed by atoms with Crippen molar-refractivity contribution in [2.24, 2.45) is 0 Å². The summed E-state index contributed by atoms with van der Waals surface area (Å²) in [4.78, 5) is 18.2. The minimum absolute atomic E-state index is 0.0767. The standard InChI is InChI=1S/C31H37N3O4/c1-21(34(30(36)38-31(2,3)4)19-27(35)23-12-8-13-25(32)17-23)16-24-18-33-29-26(24)14-9-15-28(29)37-20-22-10-6-5-7-11-22/h5-15,17-18,21,27,33,35H,16,19-20,32H2,1-4H3/t21-,27+/m1/s1. The van der Waals surface area contributed by atoms with Gasteiger partial charge in [0, 0.05) is 23.3 Å². The summed E-state index contributed by atoms with van der Waals surface area (Å²) in [6.45, 7) is 8.01. The van der Waals surface area contributed by atoms with Crippen LogP contribution >= 0.6 is 0 Å². The number of aromatic nitrogens is 1. The number of nitrogen functional groups attached to an aromatic ring is 1. The number of aromatic amines is 1. The maximum atomic E-state index is 13.2. The van der Waals surface area contributed by atoms with Crippen molar-refractivity contribution in [3.8, 4) is 5.75 Å². The molecule has 1 amide bonds. The molecule has 2 atom stereocenters. The summed E-state index contributed by atoms with van der Waals surface area (Å²) in [7, 11) is 0. The van der Waals surface area contributed by atoms with E-state index in [0.29, 0.717) is 24.3 Å². The van der Waals surface area contributed by atoms with Gasteiger partial charge in [0.05, 0.1) is 18.2 Å². The molecular formula is C31H37N3O4. The number of amides is 1. The van der Waals surface area contributed by atoms with Gasteiger partial charge in [-0.15, -0.1) is 0 Å². The Kier molecular flexibility index (Phi) is 8.27. The number of H-pyrrole nitrogens is 1. The van der Waals surface area contributed by atoms with E-state index in [1.54, 1.807) is 29.2 Å². The number of carbonyl (C=O) groups is 1. The number of ether oxygens (including phenoxy) is 2. The highest BCUT2D eigenvalue weighted by atomic mass is 16.6. The van der Waals surface area contributed by atoms with Crippen molar-refractivity contribution in [3.63, 3.8) is 0 Å². The first-order valence-electron chi connectivity index (χ1n) is 12.9. The molecule has 0 aliphatic carbocycles. The number of carbonyl (C=O) groups excluding carboxylic acids is 1. The molecule has 1 aromatic heterocycles. The Morgan fingerprint density at radius 2 is 1.79 bits per heavy atom. The number of anilines is 1. The average molecular weight is 516 g/mol. The smallest absolute Gasteiger partial charge is 0.410 e. The average Bonchev–Trinajstić information content (AvgIpc) is 3.28. The normalized spacial score (nSPS) is 13.2. The van der Waals surface area contributed by atoms with Crippen LogP contribution < -0.4 is 10.5 Å². The molecule has 0 radical (unpaired) electrons. The van der Waals surface area contributed by atoms with E-state index in [2.05, 4.69) is 4.98 Å². The fraction of sp³-hybridized carbons (Fsp3) is 0.323. The zero-order chi connectivity index (χ0) is 27.3. The summed E-state index contributed by atoms with van der Waals surface area (Å²) in [6.07, 6.45) is 1.14. The van der Waals surface area contributed by atoms with Gasteiger partial charge in [0.1, 0.15) is 18.0 Å². The monoisotopic (exact) mass is 515 g/mol. The third-order valence-corrected chi connectivity index (χ3v) is 6.34. The van der Waals surface area contributed by atoms with E-state index in [-0.39, 0.29) is 12.6 Å². The molecule has 200 valence electrons. The number of hydrogen-bond donors (Lipinski definition) is 3. The van der Waals surface area contributed by atoms with Gasteiger partial charge in [-0.3, -0.25) is 0 Å². The molecular weight excluding hydrogens is 478 g/mol. The van der Waals surface area contributed by atoms with Gasteiger partial charge in [0.25, 0.3) is 0 Å². The highest BCUT2D eigenvalue weighted by molar-refractivity contribution is 5.88. The first kappa shape index (κ1) is 27.1. The number of rotatable bonds is 9. The maximum absolute atomic E-state index is 13.2. The Hall–Kier alpha value is -3.97. The third kappa shape index (κ3) is 6.86. The van der Waals surface area contributed by atoms with Gasteiger partial charge in [0.2, 0.25) is 0 Å². The highest BCUT2D eigenvalue weighted by Gasteiger charge is 2.29. The summed E-state index contributed by atoms with van der Waals surface area (Å²) < 4.78 is 11.8. The molecule has 7 heteroatoms. The summed E-state index contributed by atoms with van der Waals surface area (Å²) in [6, 6.07) is 22.8. The topological polar surface area (TPSA) is 101 Å². The van der Waals surface area contributed by atoms with Crippen molar-refractivity contribution in [1.82, 2.24) is 9.88 Å². The number of nitrogens with zero attached hydrogens (tertiary/aromatic N) is 1. The number of para-hydroxylation sites is 1. The predicted molar refractivity (Wildman–Crippen MR) is 151 cm³/mol. The van der Waals surface area contributed by atoms with Gasteiger partial charge in [0.15, 0.2) is 0 Å². The molecule has 38 heavy (non-hydrogen) atoms. The molecule has 7 nitrogen and oxygen atoms in total. The van der Waals surface area contributed by atoms with E-state index >= 15 is 0 Å². The SMILES string of the molecule is C[C@H](Cc1c[nH]c2c(OCc3ccccc3)cccc12)N(C[C@H](O)c1cccc(N)c1)C(=O)OC(C)(C)C. The molecule has 0 unspecified atom stereocenters.